The molecule has 35 heavy (non-hydrogen) atoms. The predicted octanol–water partition coefficient (Wildman–Crippen LogP) is 5.44. The highest BCUT2D eigenvalue weighted by Crippen LogP contribution is 2.34. The lowest BCUT2D eigenvalue weighted by Crippen LogP contribution is -2.63. The highest BCUT2D eigenvalue weighted by atomic mass is 35.5. The maximum atomic E-state index is 13.8. The van der Waals surface area contributed by atoms with Crippen LogP contribution in [-0.2, 0) is 24.4 Å². The number of carbonyl (C=O) groups is 2. The van der Waals surface area contributed by atoms with E-state index in [1.54, 1.807) is 29.4 Å². The Labute approximate surface area is 209 Å². The predicted molar refractivity (Wildman–Crippen MR) is 135 cm³/mol. The van der Waals surface area contributed by atoms with Crippen LogP contribution in [0.4, 0.5) is 0 Å². The summed E-state index contributed by atoms with van der Waals surface area (Å²) in [6.07, 6.45) is 1.60. The Morgan fingerprint density at radius 2 is 1.69 bits per heavy atom. The first-order valence-corrected chi connectivity index (χ1v) is 11.9. The number of carbonyl (C=O) groups excluding carboxylic acids is 2. The van der Waals surface area contributed by atoms with Crippen molar-refractivity contribution in [1.82, 2.24) is 14.8 Å². The van der Waals surface area contributed by atoms with E-state index in [0.29, 0.717) is 36.1 Å². The van der Waals surface area contributed by atoms with Crippen LogP contribution in [0.15, 0.2) is 83.5 Å². The van der Waals surface area contributed by atoms with Crippen LogP contribution in [0.2, 0.25) is 5.02 Å². The third-order valence-electron chi connectivity index (χ3n) is 6.60. The molecule has 2 amide bonds. The Hall–Kier alpha value is -3.77. The fourth-order valence-electron chi connectivity index (χ4n) is 4.51. The summed E-state index contributed by atoms with van der Waals surface area (Å²) in [5, 5.41) is 3.68. The molecule has 0 saturated carbocycles. The molecule has 2 aromatic heterocycles. The van der Waals surface area contributed by atoms with E-state index in [1.807, 2.05) is 73.0 Å². The van der Waals surface area contributed by atoms with E-state index < -0.39 is 5.54 Å². The normalized spacial score (nSPS) is 17.3. The number of nitrogens with one attached hydrogen (secondary N) is 1. The van der Waals surface area contributed by atoms with Gasteiger partial charge >= 0.3 is 0 Å². The Morgan fingerprint density at radius 1 is 1.00 bits per heavy atom. The van der Waals surface area contributed by atoms with Crippen LogP contribution < -0.4 is 5.32 Å². The number of furan rings is 1. The van der Waals surface area contributed by atoms with Crippen LogP contribution in [0.25, 0.3) is 11.5 Å². The number of benzene rings is 2. The Bertz CT molecular complexity index is 1360. The van der Waals surface area contributed by atoms with Gasteiger partial charge in [-0.15, -0.1) is 0 Å². The van der Waals surface area contributed by atoms with Gasteiger partial charge in [-0.2, -0.15) is 0 Å². The molecule has 0 bridgehead atoms. The smallest absolute Gasteiger partial charge is 0.271 e. The van der Waals surface area contributed by atoms with Crippen LogP contribution >= 0.6 is 11.6 Å². The van der Waals surface area contributed by atoms with E-state index in [4.69, 9.17) is 16.0 Å². The standard InChI is InChI=1S/C28H26ClN3O3/c1-19-5-7-21(8-6-19)17-32-26(33)24-14-13-23(25-4-3-15-35-25)31(24)18-28(32,2)27(34)30-16-20-9-11-22(29)12-10-20/h3-15H,16-18H2,1-2H3,(H,30,34). The number of nitrogens with zero attached hydrogens (tertiary/aromatic N) is 2. The molecule has 0 aliphatic carbocycles. The minimum Gasteiger partial charge on any atom is -0.463 e. The third-order valence-corrected chi connectivity index (χ3v) is 6.85. The molecule has 3 heterocycles. The topological polar surface area (TPSA) is 67.5 Å². The van der Waals surface area contributed by atoms with Crippen LogP contribution in [-0.4, -0.2) is 26.8 Å². The number of hydrogen-bond donors (Lipinski definition) is 1. The van der Waals surface area contributed by atoms with Crippen molar-refractivity contribution in [3.63, 3.8) is 0 Å². The molecule has 0 radical (unpaired) electrons. The molecule has 1 atom stereocenters. The Kier molecular flexibility index (Phi) is 5.99. The fourth-order valence-corrected chi connectivity index (χ4v) is 4.64. The molecule has 2 aromatic carbocycles. The maximum Gasteiger partial charge on any atom is 0.271 e. The summed E-state index contributed by atoms with van der Waals surface area (Å²) < 4.78 is 7.48. The first-order chi connectivity index (χ1) is 16.8. The second-order valence-electron chi connectivity index (χ2n) is 9.13. The molecular weight excluding hydrogens is 462 g/mol. The van der Waals surface area contributed by atoms with E-state index in [0.717, 1.165) is 22.4 Å². The van der Waals surface area contributed by atoms with Gasteiger partial charge in [-0.3, -0.25) is 9.59 Å². The van der Waals surface area contributed by atoms with Gasteiger partial charge < -0.3 is 19.2 Å². The lowest BCUT2D eigenvalue weighted by Gasteiger charge is -2.44. The molecule has 1 unspecified atom stereocenters. The largest absolute Gasteiger partial charge is 0.463 e. The zero-order chi connectivity index (χ0) is 24.6. The van der Waals surface area contributed by atoms with Crippen molar-refractivity contribution >= 4 is 23.4 Å². The van der Waals surface area contributed by atoms with Crippen molar-refractivity contribution in [1.29, 1.82) is 0 Å². The first kappa shape index (κ1) is 23.0. The molecule has 0 fully saturated rings. The minimum atomic E-state index is -1.12. The van der Waals surface area contributed by atoms with Gasteiger partial charge in [-0.1, -0.05) is 53.6 Å². The van der Waals surface area contributed by atoms with Gasteiger partial charge in [0.05, 0.1) is 18.5 Å². The van der Waals surface area contributed by atoms with E-state index >= 15 is 0 Å². The molecular formula is C28H26ClN3O3. The number of fused-ring (bicyclic) bond motifs is 1. The van der Waals surface area contributed by atoms with Gasteiger partial charge in [0, 0.05) is 18.1 Å². The van der Waals surface area contributed by atoms with Gasteiger partial charge in [0.15, 0.2) is 0 Å². The zero-order valence-electron chi connectivity index (χ0n) is 19.6. The quantitative estimate of drug-likeness (QED) is 0.393. The Morgan fingerprint density at radius 3 is 2.37 bits per heavy atom. The SMILES string of the molecule is Cc1ccc(CN2C(=O)c3ccc(-c4ccco4)n3CC2(C)C(=O)NCc2ccc(Cl)cc2)cc1. The summed E-state index contributed by atoms with van der Waals surface area (Å²) in [6, 6.07) is 22.7. The van der Waals surface area contributed by atoms with Gasteiger partial charge in [0.25, 0.3) is 5.91 Å². The van der Waals surface area contributed by atoms with E-state index in [2.05, 4.69) is 5.32 Å². The average Bonchev–Trinajstić information content (AvgIpc) is 3.52. The van der Waals surface area contributed by atoms with Crippen molar-refractivity contribution in [3.05, 3.63) is 106 Å². The fraction of sp³-hybridized carbons (Fsp3) is 0.214. The molecule has 0 saturated heterocycles. The summed E-state index contributed by atoms with van der Waals surface area (Å²) in [4.78, 5) is 29.2. The van der Waals surface area contributed by atoms with Crippen LogP contribution in [0, 0.1) is 6.92 Å². The average molecular weight is 488 g/mol. The number of halogens is 1. The number of rotatable bonds is 6. The highest BCUT2D eigenvalue weighted by Gasteiger charge is 2.47. The zero-order valence-corrected chi connectivity index (χ0v) is 20.4. The molecule has 1 N–H and O–H groups in total. The maximum absolute atomic E-state index is 13.8. The van der Waals surface area contributed by atoms with Gasteiger partial charge in [-0.05, 0) is 61.4 Å². The van der Waals surface area contributed by atoms with Crippen LogP contribution in [0.1, 0.15) is 34.1 Å². The minimum absolute atomic E-state index is 0.196. The lowest BCUT2D eigenvalue weighted by molar-refractivity contribution is -0.133. The molecule has 0 spiro atoms. The summed E-state index contributed by atoms with van der Waals surface area (Å²) in [7, 11) is 0. The van der Waals surface area contributed by atoms with E-state index in [-0.39, 0.29) is 11.8 Å². The van der Waals surface area contributed by atoms with Crippen LogP contribution in [0.5, 0.6) is 0 Å². The lowest BCUT2D eigenvalue weighted by atomic mass is 9.93. The summed E-state index contributed by atoms with van der Waals surface area (Å²) in [5.41, 5.74) is 3.21. The molecule has 1 aliphatic heterocycles. The van der Waals surface area contributed by atoms with Crippen molar-refractivity contribution < 1.29 is 14.0 Å². The summed E-state index contributed by atoms with van der Waals surface area (Å²) in [5.74, 6) is 0.233. The molecule has 5 rings (SSSR count). The Balaban J connectivity index is 1.50. The highest BCUT2D eigenvalue weighted by molar-refractivity contribution is 6.30. The first-order valence-electron chi connectivity index (χ1n) is 11.5. The van der Waals surface area contributed by atoms with Crippen molar-refractivity contribution in [2.75, 3.05) is 0 Å². The monoisotopic (exact) mass is 487 g/mol. The van der Waals surface area contributed by atoms with Gasteiger partial charge in [0.2, 0.25) is 5.91 Å². The third kappa shape index (κ3) is 4.37. The number of amides is 2. The summed E-state index contributed by atoms with van der Waals surface area (Å²) >= 11 is 5.99. The number of aryl methyl sites for hydroxylation is 1. The van der Waals surface area contributed by atoms with Gasteiger partial charge in [-0.25, -0.2) is 0 Å². The molecule has 178 valence electrons. The molecule has 6 nitrogen and oxygen atoms in total. The number of hydrogen-bond acceptors (Lipinski definition) is 3. The summed E-state index contributed by atoms with van der Waals surface area (Å²) in [6.45, 7) is 4.81. The molecule has 7 heteroatoms. The van der Waals surface area contributed by atoms with Crippen molar-refractivity contribution in [2.45, 2.75) is 39.0 Å². The van der Waals surface area contributed by atoms with Gasteiger partial charge in [0.1, 0.15) is 17.0 Å². The van der Waals surface area contributed by atoms with Crippen molar-refractivity contribution in [3.8, 4) is 11.5 Å². The van der Waals surface area contributed by atoms with E-state index in [9.17, 15) is 9.59 Å². The number of aromatic nitrogens is 1. The van der Waals surface area contributed by atoms with E-state index in [1.165, 1.54) is 0 Å². The molecule has 4 aromatic rings. The molecule has 1 aliphatic rings. The van der Waals surface area contributed by atoms with Crippen LogP contribution in [0.3, 0.4) is 0 Å². The van der Waals surface area contributed by atoms with Crippen molar-refractivity contribution in [2.24, 2.45) is 0 Å². The second-order valence-corrected chi connectivity index (χ2v) is 9.56. The second kappa shape index (κ2) is 9.12.